The third-order valence-electron chi connectivity index (χ3n) is 3.83. The van der Waals surface area contributed by atoms with Crippen LogP contribution in [0.25, 0.3) is 0 Å². The summed E-state index contributed by atoms with van der Waals surface area (Å²) in [6.45, 7) is 4.01. The molecule has 1 unspecified atom stereocenters. The van der Waals surface area contributed by atoms with Crippen LogP contribution in [0.1, 0.15) is 26.2 Å². The Balaban J connectivity index is 1.66. The molecule has 1 aliphatic carbocycles. The monoisotopic (exact) mass is 317 g/mol. The van der Waals surface area contributed by atoms with E-state index in [1.165, 1.54) is 19.3 Å². The van der Waals surface area contributed by atoms with Crippen LogP contribution in [-0.2, 0) is 0 Å². The zero-order valence-electron chi connectivity index (χ0n) is 11.7. The molecule has 0 aromatic heterocycles. The molecule has 3 nitrogen and oxygen atoms in total. The Kier molecular flexibility index (Phi) is 5.56. The van der Waals surface area contributed by atoms with Crippen LogP contribution in [0.4, 0.5) is 0 Å². The van der Waals surface area contributed by atoms with E-state index in [2.05, 4.69) is 12.2 Å². The lowest BCUT2D eigenvalue weighted by Gasteiger charge is -2.38. The molecule has 1 saturated carbocycles. The fourth-order valence-electron chi connectivity index (χ4n) is 2.32. The largest absolute Gasteiger partial charge is 0.491 e. The predicted molar refractivity (Wildman–Crippen MR) is 82.8 cm³/mol. The summed E-state index contributed by atoms with van der Waals surface area (Å²) in [7, 11) is 0. The van der Waals surface area contributed by atoms with Crippen molar-refractivity contribution < 1.29 is 9.84 Å². The van der Waals surface area contributed by atoms with Gasteiger partial charge in [-0.25, -0.2) is 0 Å². The van der Waals surface area contributed by atoms with E-state index < -0.39 is 6.10 Å². The number of hydrogen-bond donors (Lipinski definition) is 2. The van der Waals surface area contributed by atoms with E-state index in [0.717, 1.165) is 6.54 Å². The Labute approximate surface area is 130 Å². The van der Waals surface area contributed by atoms with E-state index in [0.29, 0.717) is 27.8 Å². The molecule has 20 heavy (non-hydrogen) atoms. The zero-order valence-corrected chi connectivity index (χ0v) is 13.2. The van der Waals surface area contributed by atoms with Crippen molar-refractivity contribution in [3.05, 3.63) is 28.2 Å². The third kappa shape index (κ3) is 4.52. The van der Waals surface area contributed by atoms with Crippen molar-refractivity contribution in [1.82, 2.24) is 5.32 Å². The highest BCUT2D eigenvalue weighted by atomic mass is 35.5. The second kappa shape index (κ2) is 6.99. The van der Waals surface area contributed by atoms with Gasteiger partial charge in [0.2, 0.25) is 0 Å². The van der Waals surface area contributed by atoms with E-state index in [9.17, 15) is 5.11 Å². The average molecular weight is 318 g/mol. The van der Waals surface area contributed by atoms with Crippen molar-refractivity contribution in [2.45, 2.75) is 32.3 Å². The minimum Gasteiger partial charge on any atom is -0.491 e. The fraction of sp³-hybridized carbons (Fsp3) is 0.600. The first-order valence-electron chi connectivity index (χ1n) is 6.95. The van der Waals surface area contributed by atoms with E-state index in [1.807, 2.05) is 0 Å². The number of nitrogens with one attached hydrogen (secondary N) is 1. The van der Waals surface area contributed by atoms with E-state index >= 15 is 0 Å². The van der Waals surface area contributed by atoms with E-state index in [1.54, 1.807) is 18.2 Å². The van der Waals surface area contributed by atoms with Gasteiger partial charge in [-0.15, -0.1) is 0 Å². The Hall–Kier alpha value is -0.480. The van der Waals surface area contributed by atoms with Gasteiger partial charge in [-0.3, -0.25) is 0 Å². The molecule has 0 spiro atoms. The minimum atomic E-state index is -0.534. The molecule has 112 valence electrons. The summed E-state index contributed by atoms with van der Waals surface area (Å²) < 4.78 is 5.49. The van der Waals surface area contributed by atoms with E-state index in [4.69, 9.17) is 27.9 Å². The molecule has 0 bridgehead atoms. The molecular weight excluding hydrogens is 297 g/mol. The highest BCUT2D eigenvalue weighted by molar-refractivity contribution is 6.42. The van der Waals surface area contributed by atoms with Gasteiger partial charge in [-0.05, 0) is 30.4 Å². The van der Waals surface area contributed by atoms with Crippen molar-refractivity contribution in [1.29, 1.82) is 0 Å². The number of ether oxygens (including phenoxy) is 1. The standard InChI is InChI=1S/C15H21Cl2NO2/c1-15(5-2-6-15)10-18-8-11(19)9-20-12-3-4-13(16)14(17)7-12/h3-4,7,11,18-19H,2,5-6,8-10H2,1H3. The van der Waals surface area contributed by atoms with Gasteiger partial charge in [0.25, 0.3) is 0 Å². The second-order valence-corrected chi connectivity index (χ2v) is 6.65. The van der Waals surface area contributed by atoms with Gasteiger partial charge < -0.3 is 15.2 Å². The third-order valence-corrected chi connectivity index (χ3v) is 4.56. The van der Waals surface area contributed by atoms with Crippen LogP contribution in [-0.4, -0.2) is 30.9 Å². The molecule has 1 fully saturated rings. The normalized spacial score (nSPS) is 18.4. The Morgan fingerprint density at radius 1 is 1.35 bits per heavy atom. The van der Waals surface area contributed by atoms with Gasteiger partial charge >= 0.3 is 0 Å². The number of halogens is 2. The smallest absolute Gasteiger partial charge is 0.121 e. The summed E-state index contributed by atoms with van der Waals surface area (Å²) in [6, 6.07) is 5.07. The molecule has 5 heteroatoms. The molecule has 0 radical (unpaired) electrons. The van der Waals surface area contributed by atoms with Crippen LogP contribution in [0.15, 0.2) is 18.2 Å². The van der Waals surface area contributed by atoms with Crippen LogP contribution < -0.4 is 10.1 Å². The topological polar surface area (TPSA) is 41.5 Å². The summed E-state index contributed by atoms with van der Waals surface area (Å²) in [4.78, 5) is 0. The predicted octanol–water partition coefficient (Wildman–Crippen LogP) is 3.51. The fourth-order valence-corrected chi connectivity index (χ4v) is 2.60. The Bertz CT molecular complexity index is 449. The lowest BCUT2D eigenvalue weighted by molar-refractivity contribution is 0.0946. The molecule has 1 atom stereocenters. The Morgan fingerprint density at radius 2 is 2.10 bits per heavy atom. The quantitative estimate of drug-likeness (QED) is 0.808. The number of hydrogen-bond acceptors (Lipinski definition) is 3. The molecule has 1 aromatic rings. The van der Waals surface area contributed by atoms with Gasteiger partial charge in [0.15, 0.2) is 0 Å². The second-order valence-electron chi connectivity index (χ2n) is 5.84. The number of benzene rings is 1. The van der Waals surface area contributed by atoms with Crippen LogP contribution in [0.5, 0.6) is 5.75 Å². The molecule has 1 aromatic carbocycles. The van der Waals surface area contributed by atoms with Crippen LogP contribution >= 0.6 is 23.2 Å². The molecule has 0 aliphatic heterocycles. The van der Waals surface area contributed by atoms with Gasteiger partial charge in [-0.2, -0.15) is 0 Å². The van der Waals surface area contributed by atoms with Gasteiger partial charge in [0.1, 0.15) is 18.5 Å². The van der Waals surface area contributed by atoms with Crippen molar-refractivity contribution in [3.63, 3.8) is 0 Å². The molecule has 0 heterocycles. The van der Waals surface area contributed by atoms with Crippen molar-refractivity contribution in [2.75, 3.05) is 19.7 Å². The van der Waals surface area contributed by atoms with Gasteiger partial charge in [0, 0.05) is 19.2 Å². The van der Waals surface area contributed by atoms with Crippen LogP contribution in [0.2, 0.25) is 10.0 Å². The van der Waals surface area contributed by atoms with E-state index in [-0.39, 0.29) is 6.61 Å². The molecular formula is C15H21Cl2NO2. The maximum Gasteiger partial charge on any atom is 0.121 e. The zero-order chi connectivity index (χ0) is 14.6. The Morgan fingerprint density at radius 3 is 2.70 bits per heavy atom. The molecule has 0 amide bonds. The number of aliphatic hydroxyl groups is 1. The summed E-state index contributed by atoms with van der Waals surface area (Å²) in [5, 5.41) is 14.1. The molecule has 0 saturated heterocycles. The first-order valence-corrected chi connectivity index (χ1v) is 7.71. The SMILES string of the molecule is CC1(CNCC(O)COc2ccc(Cl)c(Cl)c2)CCC1. The highest BCUT2D eigenvalue weighted by Gasteiger charge is 2.31. The van der Waals surface area contributed by atoms with Crippen molar-refractivity contribution >= 4 is 23.2 Å². The summed E-state index contributed by atoms with van der Waals surface area (Å²) >= 11 is 11.7. The first-order chi connectivity index (χ1) is 9.48. The molecule has 2 rings (SSSR count). The average Bonchev–Trinajstić information content (AvgIpc) is 2.38. The lowest BCUT2D eigenvalue weighted by Crippen LogP contribution is -2.41. The summed E-state index contributed by atoms with van der Waals surface area (Å²) in [5.74, 6) is 0.615. The summed E-state index contributed by atoms with van der Waals surface area (Å²) in [5.41, 5.74) is 0.421. The van der Waals surface area contributed by atoms with Crippen molar-refractivity contribution in [3.8, 4) is 5.75 Å². The van der Waals surface area contributed by atoms with Gasteiger partial charge in [0.05, 0.1) is 10.0 Å². The highest BCUT2D eigenvalue weighted by Crippen LogP contribution is 2.39. The number of aliphatic hydroxyl groups excluding tert-OH is 1. The maximum absolute atomic E-state index is 9.88. The summed E-state index contributed by atoms with van der Waals surface area (Å²) in [6.07, 6.45) is 3.33. The van der Waals surface area contributed by atoms with Crippen LogP contribution in [0, 0.1) is 5.41 Å². The maximum atomic E-state index is 9.88. The van der Waals surface area contributed by atoms with Crippen molar-refractivity contribution in [2.24, 2.45) is 5.41 Å². The lowest BCUT2D eigenvalue weighted by atomic mass is 9.70. The minimum absolute atomic E-state index is 0.238. The molecule has 1 aliphatic rings. The number of rotatable bonds is 7. The molecule has 2 N–H and O–H groups in total. The van der Waals surface area contributed by atoms with Crippen LogP contribution in [0.3, 0.4) is 0 Å². The van der Waals surface area contributed by atoms with Gasteiger partial charge in [-0.1, -0.05) is 36.5 Å². The first kappa shape index (κ1) is 15.9.